The maximum Gasteiger partial charge on any atom is 0.434 e. The Kier molecular flexibility index (Phi) is 8.13. The summed E-state index contributed by atoms with van der Waals surface area (Å²) in [7, 11) is 0. The van der Waals surface area contributed by atoms with E-state index in [4.69, 9.17) is 4.74 Å². The Hall–Kier alpha value is -4.40. The molecule has 0 radical (unpaired) electrons. The van der Waals surface area contributed by atoms with Crippen LogP contribution in [0.3, 0.4) is 0 Å². The molecule has 10 nitrogen and oxygen atoms in total. The van der Waals surface area contributed by atoms with E-state index in [0.717, 1.165) is 17.6 Å². The zero-order valence-electron chi connectivity index (χ0n) is 21.4. The zero-order valence-corrected chi connectivity index (χ0v) is 22.2. The van der Waals surface area contributed by atoms with Gasteiger partial charge in [0.15, 0.2) is 5.69 Å². The average molecular weight is 579 g/mol. The van der Waals surface area contributed by atoms with Crippen molar-refractivity contribution in [1.29, 1.82) is 0 Å². The van der Waals surface area contributed by atoms with Gasteiger partial charge in [0.1, 0.15) is 22.0 Å². The second-order valence-electron chi connectivity index (χ2n) is 8.21. The number of alkyl halides is 3. The Labute approximate surface area is 228 Å². The van der Waals surface area contributed by atoms with Crippen LogP contribution >= 0.6 is 11.3 Å². The first-order chi connectivity index (χ1) is 19.0. The van der Waals surface area contributed by atoms with Gasteiger partial charge in [0, 0.05) is 47.6 Å². The van der Waals surface area contributed by atoms with Crippen LogP contribution in [0, 0.1) is 5.95 Å². The lowest BCUT2D eigenvalue weighted by Gasteiger charge is -2.14. The number of halogens is 4. The van der Waals surface area contributed by atoms with Crippen LogP contribution in [-0.4, -0.2) is 44.7 Å². The molecule has 0 aliphatic carbocycles. The first-order valence-electron chi connectivity index (χ1n) is 12.0. The number of amides is 2. The van der Waals surface area contributed by atoms with E-state index in [1.807, 2.05) is 0 Å². The van der Waals surface area contributed by atoms with Crippen molar-refractivity contribution in [3.8, 4) is 21.7 Å². The predicted molar refractivity (Wildman–Crippen MR) is 140 cm³/mol. The summed E-state index contributed by atoms with van der Waals surface area (Å²) in [6.45, 7) is 5.53. The fourth-order valence-corrected chi connectivity index (χ4v) is 4.69. The molecule has 4 heterocycles. The summed E-state index contributed by atoms with van der Waals surface area (Å²) in [5, 5.41) is 5.49. The van der Waals surface area contributed by atoms with Crippen LogP contribution < -0.4 is 16.1 Å². The fourth-order valence-electron chi connectivity index (χ4n) is 3.84. The second kappa shape index (κ2) is 11.4. The normalized spacial score (nSPS) is 11.5. The van der Waals surface area contributed by atoms with Gasteiger partial charge in [0.05, 0.1) is 12.0 Å². The topological polar surface area (TPSA) is 128 Å². The number of aromatic nitrogens is 4. The molecule has 0 aliphatic heterocycles. The number of rotatable bonds is 7. The van der Waals surface area contributed by atoms with Crippen molar-refractivity contribution in [2.75, 3.05) is 18.5 Å². The number of anilines is 1. The molecule has 4 aromatic heterocycles. The van der Waals surface area contributed by atoms with Gasteiger partial charge in [-0.2, -0.15) is 17.6 Å². The van der Waals surface area contributed by atoms with E-state index >= 15 is 4.39 Å². The van der Waals surface area contributed by atoms with Crippen LogP contribution in [0.2, 0.25) is 0 Å². The lowest BCUT2D eigenvalue weighted by molar-refractivity contribution is -0.140. The number of nitrogens with zero attached hydrogens (tertiary/aromatic N) is 4. The highest BCUT2D eigenvalue weighted by molar-refractivity contribution is 7.13. The first kappa shape index (κ1) is 28.6. The molecule has 0 unspecified atom stereocenters. The molecule has 2 N–H and O–H groups in total. The summed E-state index contributed by atoms with van der Waals surface area (Å²) in [6, 6.07) is 1.78. The summed E-state index contributed by atoms with van der Waals surface area (Å²) in [4.78, 5) is 49.4. The van der Waals surface area contributed by atoms with Crippen molar-refractivity contribution in [1.82, 2.24) is 24.8 Å². The maximum atomic E-state index is 15.5. The SMILES string of the molecule is CCNC(=O)Nc1cc(-c2nc(C(F)(F)F)cs2)c(-c2cc3c(=O)c(C(=O)OCC)cn(CC)c3nc2F)cn1. The van der Waals surface area contributed by atoms with E-state index in [9.17, 15) is 27.6 Å². The molecule has 0 aromatic carbocycles. The number of fused-ring (bicyclic) bond motifs is 1. The first-order valence-corrected chi connectivity index (χ1v) is 12.9. The molecule has 0 fully saturated rings. The van der Waals surface area contributed by atoms with Crippen molar-refractivity contribution in [2.45, 2.75) is 33.5 Å². The lowest BCUT2D eigenvalue weighted by Crippen LogP contribution is -2.28. The minimum atomic E-state index is -4.73. The number of hydrogen-bond donors (Lipinski definition) is 2. The zero-order chi connectivity index (χ0) is 29.2. The van der Waals surface area contributed by atoms with Gasteiger partial charge in [-0.1, -0.05) is 0 Å². The molecule has 0 atom stereocenters. The van der Waals surface area contributed by atoms with Crippen LogP contribution in [0.15, 0.2) is 34.7 Å². The van der Waals surface area contributed by atoms with Crippen LogP contribution in [-0.2, 0) is 17.5 Å². The van der Waals surface area contributed by atoms with Gasteiger partial charge in [-0.15, -0.1) is 11.3 Å². The number of ether oxygens (including phenoxy) is 1. The number of pyridine rings is 3. The summed E-state index contributed by atoms with van der Waals surface area (Å²) in [5.41, 5.74) is -2.56. The third kappa shape index (κ3) is 5.64. The summed E-state index contributed by atoms with van der Waals surface area (Å²) in [5.74, 6) is -1.95. The molecule has 40 heavy (non-hydrogen) atoms. The number of thiazole rings is 1. The molecule has 0 saturated carbocycles. The fraction of sp³-hybridized carbons (Fsp3) is 0.280. The number of esters is 1. The summed E-state index contributed by atoms with van der Waals surface area (Å²) in [6.07, 6.45) is -2.36. The number of aryl methyl sites for hydroxylation is 1. The smallest absolute Gasteiger partial charge is 0.434 e. The standard InChI is InChI=1S/C25H22F4N6O4S/c1-4-30-24(38)33-18-8-13(22-32-17(11-40-22)25(27,28)29)15(9-31-18)12-7-14-19(36)16(23(37)39-6-3)10-35(5-2)21(14)34-20(12)26/h7-11H,4-6H2,1-3H3,(H2,30,31,33,38). The molecule has 0 aliphatic rings. The third-order valence-corrected chi connectivity index (χ3v) is 6.51. The Morgan fingerprint density at radius 3 is 2.48 bits per heavy atom. The monoisotopic (exact) mass is 578 g/mol. The Morgan fingerprint density at radius 2 is 1.85 bits per heavy atom. The molecule has 4 aromatic rings. The molecule has 4 rings (SSSR count). The van der Waals surface area contributed by atoms with Crippen LogP contribution in [0.5, 0.6) is 0 Å². The summed E-state index contributed by atoms with van der Waals surface area (Å²) >= 11 is 0.650. The van der Waals surface area contributed by atoms with Crippen LogP contribution in [0.1, 0.15) is 36.8 Å². The number of urea groups is 1. The van der Waals surface area contributed by atoms with Crippen molar-refractivity contribution >= 4 is 40.2 Å². The molecule has 0 bridgehead atoms. The second-order valence-corrected chi connectivity index (χ2v) is 9.07. The minimum Gasteiger partial charge on any atom is -0.462 e. The number of carbonyl (C=O) groups excluding carboxylic acids is 2. The van der Waals surface area contributed by atoms with Crippen LogP contribution in [0.25, 0.3) is 32.7 Å². The average Bonchev–Trinajstić information content (AvgIpc) is 3.40. The molecule has 2 amide bonds. The van der Waals surface area contributed by atoms with Gasteiger partial charge < -0.3 is 14.6 Å². The molecule has 0 spiro atoms. The van der Waals surface area contributed by atoms with Crippen molar-refractivity contribution in [2.24, 2.45) is 0 Å². The molecule has 15 heteroatoms. The third-order valence-electron chi connectivity index (χ3n) is 5.64. The predicted octanol–water partition coefficient (Wildman–Crippen LogP) is 5.08. The van der Waals surface area contributed by atoms with Crippen molar-refractivity contribution in [3.63, 3.8) is 0 Å². The van der Waals surface area contributed by atoms with Gasteiger partial charge in [0.25, 0.3) is 0 Å². The van der Waals surface area contributed by atoms with Gasteiger partial charge in [-0.25, -0.2) is 24.5 Å². The Morgan fingerprint density at radius 1 is 1.10 bits per heavy atom. The molecular formula is C25H22F4N6O4S. The van der Waals surface area contributed by atoms with Crippen LogP contribution in [0.4, 0.5) is 28.2 Å². The summed E-state index contributed by atoms with van der Waals surface area (Å²) < 4.78 is 61.8. The lowest BCUT2D eigenvalue weighted by atomic mass is 10.0. The van der Waals surface area contributed by atoms with E-state index in [2.05, 4.69) is 25.6 Å². The quantitative estimate of drug-likeness (QED) is 0.178. The highest BCUT2D eigenvalue weighted by Crippen LogP contribution is 2.39. The molecule has 210 valence electrons. The van der Waals surface area contributed by atoms with Gasteiger partial charge in [-0.3, -0.25) is 10.1 Å². The van der Waals surface area contributed by atoms with Crippen molar-refractivity contribution in [3.05, 3.63) is 57.3 Å². The van der Waals surface area contributed by atoms with Gasteiger partial charge in [-0.05, 0) is 32.9 Å². The Bertz CT molecular complexity index is 1670. The molecular weight excluding hydrogens is 556 g/mol. The highest BCUT2D eigenvalue weighted by Gasteiger charge is 2.34. The Balaban J connectivity index is 1.97. The van der Waals surface area contributed by atoms with Gasteiger partial charge in [0.2, 0.25) is 11.4 Å². The van der Waals surface area contributed by atoms with E-state index in [0.29, 0.717) is 17.9 Å². The van der Waals surface area contributed by atoms with Gasteiger partial charge >= 0.3 is 18.2 Å². The van der Waals surface area contributed by atoms with E-state index in [1.165, 1.54) is 16.8 Å². The van der Waals surface area contributed by atoms with Crippen molar-refractivity contribution < 1.29 is 31.9 Å². The minimum absolute atomic E-state index is 0.000266. The maximum absolute atomic E-state index is 15.5. The number of hydrogen-bond acceptors (Lipinski definition) is 8. The number of nitrogens with one attached hydrogen (secondary N) is 2. The number of carbonyl (C=O) groups is 2. The van der Waals surface area contributed by atoms with E-state index < -0.39 is 35.2 Å². The van der Waals surface area contributed by atoms with E-state index in [1.54, 1.807) is 20.8 Å². The van der Waals surface area contributed by atoms with E-state index in [-0.39, 0.29) is 57.3 Å². The molecule has 0 saturated heterocycles. The highest BCUT2D eigenvalue weighted by atomic mass is 32.1. The largest absolute Gasteiger partial charge is 0.462 e.